The van der Waals surface area contributed by atoms with E-state index in [0.29, 0.717) is 31.7 Å². The Morgan fingerprint density at radius 2 is 2.30 bits per heavy atom. The molecule has 0 unspecified atom stereocenters. The van der Waals surface area contributed by atoms with E-state index in [1.165, 1.54) is 11.3 Å². The van der Waals surface area contributed by atoms with Gasteiger partial charge in [0.25, 0.3) is 5.91 Å². The fraction of sp³-hybridized carbons (Fsp3) is 0.167. The van der Waals surface area contributed by atoms with Gasteiger partial charge in [-0.05, 0) is 35.0 Å². The Bertz CT molecular complexity index is 646. The van der Waals surface area contributed by atoms with Crippen LogP contribution in [-0.2, 0) is 0 Å². The largest absolute Gasteiger partial charge is 0.382 e. The number of rotatable bonds is 4. The van der Waals surface area contributed by atoms with Gasteiger partial charge in [-0.2, -0.15) is 0 Å². The number of halogens is 2. The van der Waals surface area contributed by atoms with E-state index in [-0.39, 0.29) is 11.7 Å². The van der Waals surface area contributed by atoms with Crippen LogP contribution in [0.1, 0.15) is 16.6 Å². The number of hydrogen-bond acceptors (Lipinski definition) is 5. The first kappa shape index (κ1) is 15.1. The molecule has 4 N–H and O–H groups in total. The maximum atomic E-state index is 12.2. The number of amides is 1. The molecular weight excluding hydrogens is 364 g/mol. The number of benzene rings is 1. The van der Waals surface area contributed by atoms with Gasteiger partial charge in [0.2, 0.25) is 0 Å². The summed E-state index contributed by atoms with van der Waals surface area (Å²) in [6, 6.07) is 5.23. The highest BCUT2D eigenvalue weighted by atomic mass is 79.9. The first-order valence-corrected chi connectivity index (χ1v) is 7.77. The van der Waals surface area contributed by atoms with Crippen molar-refractivity contribution in [3.05, 3.63) is 32.6 Å². The van der Waals surface area contributed by atoms with Crippen molar-refractivity contribution >= 4 is 61.4 Å². The lowest BCUT2D eigenvalue weighted by atomic mass is 10.3. The Morgan fingerprint density at radius 1 is 1.55 bits per heavy atom. The number of nitrogens with two attached hydrogens (primary N) is 1. The second kappa shape index (κ2) is 6.43. The van der Waals surface area contributed by atoms with Crippen molar-refractivity contribution in [3.63, 3.8) is 0 Å². The average Bonchev–Trinajstić information content (AvgIpc) is 2.76. The summed E-state index contributed by atoms with van der Waals surface area (Å²) in [6.45, 7) is 2.66. The summed E-state index contributed by atoms with van der Waals surface area (Å²) in [6.07, 6.45) is 0. The van der Waals surface area contributed by atoms with Crippen molar-refractivity contribution in [1.82, 2.24) is 4.98 Å². The summed E-state index contributed by atoms with van der Waals surface area (Å²) in [5.41, 5.74) is 6.34. The fourth-order valence-corrected chi connectivity index (χ4v) is 2.89. The van der Waals surface area contributed by atoms with E-state index in [4.69, 9.17) is 17.3 Å². The average molecular weight is 376 g/mol. The number of aromatic nitrogens is 1. The SMILES string of the molecule is CCNc1nc(N)c(C(=O)Nc2cccc(Cl)c2Br)s1. The molecule has 1 aromatic carbocycles. The van der Waals surface area contributed by atoms with Crippen LogP contribution in [-0.4, -0.2) is 17.4 Å². The lowest BCUT2D eigenvalue weighted by molar-refractivity contribution is 0.103. The molecule has 0 bridgehead atoms. The zero-order valence-corrected chi connectivity index (χ0v) is 13.7. The van der Waals surface area contributed by atoms with Gasteiger partial charge in [-0.15, -0.1) is 0 Å². The minimum Gasteiger partial charge on any atom is -0.382 e. The Balaban J connectivity index is 2.22. The summed E-state index contributed by atoms with van der Waals surface area (Å²) in [5.74, 6) is -0.103. The molecule has 1 amide bonds. The quantitative estimate of drug-likeness (QED) is 0.759. The summed E-state index contributed by atoms with van der Waals surface area (Å²) in [7, 11) is 0. The normalized spacial score (nSPS) is 10.3. The van der Waals surface area contributed by atoms with Crippen molar-refractivity contribution in [2.24, 2.45) is 0 Å². The van der Waals surface area contributed by atoms with E-state index < -0.39 is 0 Å². The van der Waals surface area contributed by atoms with Crippen LogP contribution in [0.15, 0.2) is 22.7 Å². The Morgan fingerprint density at radius 3 is 3.00 bits per heavy atom. The highest BCUT2D eigenvalue weighted by molar-refractivity contribution is 9.10. The van der Waals surface area contributed by atoms with Gasteiger partial charge in [-0.1, -0.05) is 29.0 Å². The maximum absolute atomic E-state index is 12.2. The van der Waals surface area contributed by atoms with E-state index >= 15 is 0 Å². The molecular formula is C12H12BrClN4OS. The third-order valence-electron chi connectivity index (χ3n) is 2.39. The second-order valence-corrected chi connectivity index (χ2v) is 6.02. The third kappa shape index (κ3) is 3.23. The van der Waals surface area contributed by atoms with Crippen LogP contribution in [0.5, 0.6) is 0 Å². The maximum Gasteiger partial charge on any atom is 0.269 e. The van der Waals surface area contributed by atoms with Crippen molar-refractivity contribution < 1.29 is 4.79 Å². The number of carbonyl (C=O) groups is 1. The molecule has 0 saturated carbocycles. The number of nitrogen functional groups attached to an aromatic ring is 1. The van der Waals surface area contributed by atoms with Gasteiger partial charge < -0.3 is 16.4 Å². The molecule has 1 aromatic heterocycles. The van der Waals surface area contributed by atoms with Gasteiger partial charge >= 0.3 is 0 Å². The number of carbonyl (C=O) groups excluding carboxylic acids is 1. The minimum atomic E-state index is -0.313. The smallest absolute Gasteiger partial charge is 0.269 e. The third-order valence-corrected chi connectivity index (χ3v) is 4.81. The molecule has 20 heavy (non-hydrogen) atoms. The predicted molar refractivity (Wildman–Crippen MR) is 87.8 cm³/mol. The van der Waals surface area contributed by atoms with E-state index in [2.05, 4.69) is 31.5 Å². The van der Waals surface area contributed by atoms with Crippen molar-refractivity contribution in [3.8, 4) is 0 Å². The molecule has 0 fully saturated rings. The van der Waals surface area contributed by atoms with E-state index in [1.54, 1.807) is 18.2 Å². The van der Waals surface area contributed by atoms with Crippen molar-refractivity contribution in [1.29, 1.82) is 0 Å². The standard InChI is InChI=1S/C12H12BrClN4OS/c1-2-16-12-18-10(15)9(20-12)11(19)17-7-5-3-4-6(14)8(7)13/h3-5H,2,15H2,1H3,(H,16,18)(H,17,19). The summed E-state index contributed by atoms with van der Waals surface area (Å²) in [5, 5.41) is 6.93. The van der Waals surface area contributed by atoms with Crippen LogP contribution in [0, 0.1) is 0 Å². The van der Waals surface area contributed by atoms with Crippen LogP contribution in [0.2, 0.25) is 5.02 Å². The monoisotopic (exact) mass is 374 g/mol. The highest BCUT2D eigenvalue weighted by Crippen LogP contribution is 2.31. The molecule has 1 heterocycles. The molecule has 0 saturated heterocycles. The summed E-state index contributed by atoms with van der Waals surface area (Å²) < 4.78 is 0.630. The molecule has 0 atom stereocenters. The predicted octanol–water partition coefficient (Wildman–Crippen LogP) is 3.83. The fourth-order valence-electron chi connectivity index (χ4n) is 1.50. The van der Waals surface area contributed by atoms with Gasteiger partial charge in [0.15, 0.2) is 5.13 Å². The number of hydrogen-bond donors (Lipinski definition) is 3. The van der Waals surface area contributed by atoms with E-state index in [1.807, 2.05) is 6.92 Å². The molecule has 8 heteroatoms. The zero-order valence-electron chi connectivity index (χ0n) is 10.5. The molecule has 0 spiro atoms. The first-order valence-electron chi connectivity index (χ1n) is 5.78. The molecule has 5 nitrogen and oxygen atoms in total. The number of nitrogens with zero attached hydrogens (tertiary/aromatic N) is 1. The molecule has 0 aliphatic rings. The van der Waals surface area contributed by atoms with Crippen molar-refractivity contribution in [2.45, 2.75) is 6.92 Å². The number of thiazole rings is 1. The molecule has 0 aliphatic carbocycles. The molecule has 2 rings (SSSR count). The molecule has 0 aliphatic heterocycles. The summed E-state index contributed by atoms with van der Waals surface area (Å²) in [4.78, 5) is 16.7. The molecule has 2 aromatic rings. The van der Waals surface area contributed by atoms with Crippen LogP contribution in [0.25, 0.3) is 0 Å². The minimum absolute atomic E-state index is 0.210. The van der Waals surface area contributed by atoms with Crippen LogP contribution in [0.3, 0.4) is 0 Å². The first-order chi connectivity index (χ1) is 9.52. The lowest BCUT2D eigenvalue weighted by Gasteiger charge is -2.07. The molecule has 0 radical (unpaired) electrons. The zero-order chi connectivity index (χ0) is 14.7. The van der Waals surface area contributed by atoms with E-state index in [0.717, 1.165) is 0 Å². The van der Waals surface area contributed by atoms with E-state index in [9.17, 15) is 4.79 Å². The van der Waals surface area contributed by atoms with Gasteiger partial charge in [0, 0.05) is 6.54 Å². The van der Waals surface area contributed by atoms with Crippen molar-refractivity contribution in [2.75, 3.05) is 22.9 Å². The topological polar surface area (TPSA) is 80.0 Å². The van der Waals surface area contributed by atoms with Gasteiger partial charge in [-0.3, -0.25) is 4.79 Å². The Hall–Kier alpha value is -1.31. The van der Waals surface area contributed by atoms with Crippen LogP contribution in [0.4, 0.5) is 16.6 Å². The Kier molecular flexibility index (Phi) is 4.85. The van der Waals surface area contributed by atoms with Gasteiger partial charge in [-0.25, -0.2) is 4.98 Å². The van der Waals surface area contributed by atoms with Crippen LogP contribution < -0.4 is 16.4 Å². The highest BCUT2D eigenvalue weighted by Gasteiger charge is 2.17. The van der Waals surface area contributed by atoms with Gasteiger partial charge in [0.05, 0.1) is 15.2 Å². The van der Waals surface area contributed by atoms with Gasteiger partial charge in [0.1, 0.15) is 10.7 Å². The number of anilines is 3. The summed E-state index contributed by atoms with van der Waals surface area (Å²) >= 11 is 10.5. The lowest BCUT2D eigenvalue weighted by Crippen LogP contribution is -2.12. The molecule has 106 valence electrons. The Labute approximate surface area is 133 Å². The second-order valence-electron chi connectivity index (χ2n) is 3.82. The van der Waals surface area contributed by atoms with Crippen LogP contribution >= 0.6 is 38.9 Å². The number of nitrogens with one attached hydrogen (secondary N) is 2.